The van der Waals surface area contributed by atoms with Crippen LogP contribution in [0, 0.1) is 0 Å². The molecule has 1 aromatic rings. The molecule has 0 saturated carbocycles. The molecule has 124 valence electrons. The molecule has 1 atom stereocenters. The summed E-state index contributed by atoms with van der Waals surface area (Å²) >= 11 is 0. The van der Waals surface area contributed by atoms with Crippen LogP contribution in [0.3, 0.4) is 0 Å². The third kappa shape index (κ3) is 3.85. The lowest BCUT2D eigenvalue weighted by molar-refractivity contribution is 0.167. The number of nitrogens with zero attached hydrogens (tertiary/aromatic N) is 4. The van der Waals surface area contributed by atoms with E-state index in [0.29, 0.717) is 0 Å². The Labute approximate surface area is 136 Å². The number of hydrazine groups is 1. The molecule has 1 saturated heterocycles. The first-order chi connectivity index (χ1) is 11.0. The first-order valence-electron chi connectivity index (χ1n) is 7.76. The third-order valence-corrected chi connectivity index (χ3v) is 4.15. The fourth-order valence-corrected chi connectivity index (χ4v) is 2.62. The maximum Gasteiger partial charge on any atom is 0.210 e. The number of hydrogen-bond donors (Lipinski definition) is 4. The highest BCUT2D eigenvalue weighted by molar-refractivity contribution is 5.79. The van der Waals surface area contributed by atoms with Crippen molar-refractivity contribution in [3.63, 3.8) is 0 Å². The summed E-state index contributed by atoms with van der Waals surface area (Å²) in [7, 11) is 2.16. The molecule has 0 bridgehead atoms. The predicted molar refractivity (Wildman–Crippen MR) is 91.0 cm³/mol. The predicted octanol–water partition coefficient (Wildman–Crippen LogP) is -1.17. The number of guanidine groups is 1. The van der Waals surface area contributed by atoms with E-state index >= 15 is 0 Å². The van der Waals surface area contributed by atoms with Crippen molar-refractivity contribution in [2.45, 2.75) is 5.79 Å². The molecule has 3 heterocycles. The molecule has 6 N–H and O–H groups in total. The minimum atomic E-state index is -1.06. The lowest BCUT2D eigenvalue weighted by Crippen LogP contribution is -2.50. The summed E-state index contributed by atoms with van der Waals surface area (Å²) < 4.78 is 0. The number of rotatable bonds is 4. The van der Waals surface area contributed by atoms with Crippen LogP contribution in [0.2, 0.25) is 0 Å². The van der Waals surface area contributed by atoms with E-state index in [2.05, 4.69) is 43.8 Å². The fourth-order valence-electron chi connectivity index (χ4n) is 2.62. The quantitative estimate of drug-likeness (QED) is 0.554. The van der Waals surface area contributed by atoms with Gasteiger partial charge >= 0.3 is 0 Å². The van der Waals surface area contributed by atoms with Gasteiger partial charge in [-0.3, -0.25) is 21.0 Å². The van der Waals surface area contributed by atoms with Crippen LogP contribution in [0.1, 0.15) is 11.3 Å². The Morgan fingerprint density at radius 2 is 2.09 bits per heavy atom. The summed E-state index contributed by atoms with van der Waals surface area (Å²) in [5.74, 6) is -0.789. The minimum Gasteiger partial charge on any atom is -0.369 e. The van der Waals surface area contributed by atoms with E-state index in [1.807, 2.05) is 18.2 Å². The van der Waals surface area contributed by atoms with Crippen LogP contribution in [0.25, 0.3) is 6.08 Å². The topological polar surface area (TPSA) is 108 Å². The maximum atomic E-state index is 6.12. The van der Waals surface area contributed by atoms with Crippen molar-refractivity contribution in [2.75, 3.05) is 39.8 Å². The second-order valence-electron chi connectivity index (χ2n) is 5.99. The van der Waals surface area contributed by atoms with Crippen molar-refractivity contribution in [1.82, 2.24) is 25.6 Å². The Morgan fingerprint density at radius 1 is 1.30 bits per heavy atom. The number of pyridine rings is 1. The van der Waals surface area contributed by atoms with Crippen LogP contribution < -0.4 is 22.3 Å². The summed E-state index contributed by atoms with van der Waals surface area (Å²) in [6, 6.07) is 3.83. The zero-order chi connectivity index (χ0) is 16.3. The maximum absolute atomic E-state index is 6.12. The van der Waals surface area contributed by atoms with E-state index in [1.165, 1.54) is 0 Å². The molecular formula is C15H24N8. The molecule has 2 aliphatic rings. The van der Waals surface area contributed by atoms with Gasteiger partial charge in [-0.25, -0.2) is 4.99 Å². The number of aromatic nitrogens is 1. The van der Waals surface area contributed by atoms with E-state index in [4.69, 9.17) is 11.5 Å². The van der Waals surface area contributed by atoms with Crippen LogP contribution in [-0.2, 0) is 5.79 Å². The normalized spacial score (nSPS) is 26.4. The van der Waals surface area contributed by atoms with Gasteiger partial charge in [0.15, 0.2) is 0 Å². The van der Waals surface area contributed by atoms with Gasteiger partial charge in [-0.15, -0.1) is 0 Å². The van der Waals surface area contributed by atoms with Gasteiger partial charge in [-0.05, 0) is 19.2 Å². The van der Waals surface area contributed by atoms with Crippen molar-refractivity contribution < 1.29 is 0 Å². The summed E-state index contributed by atoms with van der Waals surface area (Å²) in [5, 5.41) is 0. The Balaban J connectivity index is 1.56. The molecule has 1 aromatic heterocycles. The fraction of sp³-hybridized carbons (Fsp3) is 0.467. The highest BCUT2D eigenvalue weighted by Crippen LogP contribution is 2.18. The first-order valence-corrected chi connectivity index (χ1v) is 7.76. The lowest BCUT2D eigenvalue weighted by atomic mass is 10.1. The molecule has 3 rings (SSSR count). The highest BCUT2D eigenvalue weighted by Gasteiger charge is 2.31. The molecule has 1 fully saturated rings. The van der Waals surface area contributed by atoms with E-state index in [-0.39, 0.29) is 5.96 Å². The average molecular weight is 316 g/mol. The van der Waals surface area contributed by atoms with E-state index in [9.17, 15) is 0 Å². The van der Waals surface area contributed by atoms with Crippen molar-refractivity contribution in [3.05, 3.63) is 35.7 Å². The van der Waals surface area contributed by atoms with Gasteiger partial charge in [0.1, 0.15) is 0 Å². The molecule has 0 aliphatic carbocycles. The van der Waals surface area contributed by atoms with Crippen molar-refractivity contribution in [3.8, 4) is 0 Å². The third-order valence-electron chi connectivity index (χ3n) is 4.15. The second-order valence-corrected chi connectivity index (χ2v) is 5.99. The smallest absolute Gasteiger partial charge is 0.210 e. The van der Waals surface area contributed by atoms with E-state index < -0.39 is 5.79 Å². The van der Waals surface area contributed by atoms with Gasteiger partial charge in [-0.1, -0.05) is 12.1 Å². The van der Waals surface area contributed by atoms with Crippen LogP contribution in [-0.4, -0.2) is 60.5 Å². The van der Waals surface area contributed by atoms with Crippen molar-refractivity contribution in [2.24, 2.45) is 16.5 Å². The van der Waals surface area contributed by atoms with Crippen LogP contribution in [0.4, 0.5) is 0 Å². The van der Waals surface area contributed by atoms with Gasteiger partial charge in [0.2, 0.25) is 11.7 Å². The molecule has 0 spiro atoms. The Morgan fingerprint density at radius 3 is 2.70 bits per heavy atom. The molecule has 1 unspecified atom stereocenters. The number of nitrogens with two attached hydrogens (primary N) is 2. The Kier molecular flexibility index (Phi) is 4.58. The number of hydrogen-bond acceptors (Lipinski definition) is 8. The number of piperazine rings is 1. The van der Waals surface area contributed by atoms with Gasteiger partial charge in [-0.2, -0.15) is 5.43 Å². The monoisotopic (exact) mass is 316 g/mol. The van der Waals surface area contributed by atoms with Gasteiger partial charge < -0.3 is 10.6 Å². The van der Waals surface area contributed by atoms with Crippen molar-refractivity contribution in [1.29, 1.82) is 0 Å². The van der Waals surface area contributed by atoms with Gasteiger partial charge in [0, 0.05) is 44.5 Å². The molecule has 0 radical (unpaired) electrons. The SMILES string of the molecule is CN1CCN(CC=Cc2ccc(C3(N)N=C(N)NN3)cn2)CC1. The lowest BCUT2D eigenvalue weighted by Gasteiger charge is -2.31. The van der Waals surface area contributed by atoms with Crippen LogP contribution in [0.15, 0.2) is 29.4 Å². The molecular weight excluding hydrogens is 292 g/mol. The summed E-state index contributed by atoms with van der Waals surface area (Å²) in [6.45, 7) is 5.43. The number of likely N-dealkylation sites (N-methyl/N-ethyl adjacent to an activating group) is 1. The molecule has 0 amide bonds. The molecule has 23 heavy (non-hydrogen) atoms. The van der Waals surface area contributed by atoms with Gasteiger partial charge in [0.25, 0.3) is 0 Å². The summed E-state index contributed by atoms with van der Waals surface area (Å²) in [4.78, 5) is 13.3. The molecule has 2 aliphatic heterocycles. The first kappa shape index (κ1) is 15.9. The highest BCUT2D eigenvalue weighted by atomic mass is 15.6. The Bertz CT molecular complexity index is 588. The zero-order valence-electron chi connectivity index (χ0n) is 13.4. The second kappa shape index (κ2) is 6.63. The van der Waals surface area contributed by atoms with Gasteiger partial charge in [0.05, 0.1) is 5.69 Å². The largest absolute Gasteiger partial charge is 0.369 e. The van der Waals surface area contributed by atoms with Crippen LogP contribution >= 0.6 is 0 Å². The van der Waals surface area contributed by atoms with Crippen LogP contribution in [0.5, 0.6) is 0 Å². The molecule has 8 heteroatoms. The number of aliphatic imine (C=N–C) groups is 1. The van der Waals surface area contributed by atoms with Crippen molar-refractivity contribution >= 4 is 12.0 Å². The molecule has 0 aromatic carbocycles. The minimum absolute atomic E-state index is 0.267. The summed E-state index contributed by atoms with van der Waals surface area (Å²) in [6.07, 6.45) is 5.90. The van der Waals surface area contributed by atoms with E-state index in [1.54, 1.807) is 6.20 Å². The molecule has 8 nitrogen and oxygen atoms in total. The Hall–Kier alpha value is -2.00. The average Bonchev–Trinajstić information content (AvgIpc) is 2.90. The van der Waals surface area contributed by atoms with E-state index in [0.717, 1.165) is 44.0 Å². The number of nitrogens with one attached hydrogen (secondary N) is 2. The summed E-state index contributed by atoms with van der Waals surface area (Å²) in [5.41, 5.74) is 18.9. The standard InChI is InChI=1S/C15H24N8/c1-22-7-9-23(10-8-22)6-2-3-13-5-4-12(11-18-13)15(17)19-14(16)20-21-15/h2-5,11,21H,6-10,17H2,1H3,(H3,16,19,20). The zero-order valence-corrected chi connectivity index (χ0v) is 13.4.